The third kappa shape index (κ3) is 5.85. The zero-order valence-corrected chi connectivity index (χ0v) is 19.5. The number of nitriles is 1. The number of ether oxygens (including phenoxy) is 2. The summed E-state index contributed by atoms with van der Waals surface area (Å²) in [6.45, 7) is 0.691. The topological polar surface area (TPSA) is 100 Å². The molecule has 0 saturated carbocycles. The molecule has 0 aliphatic carbocycles. The van der Waals surface area contributed by atoms with Gasteiger partial charge in [-0.15, -0.1) is 0 Å². The van der Waals surface area contributed by atoms with Gasteiger partial charge in [0.15, 0.2) is 6.61 Å². The molecule has 0 aliphatic heterocycles. The molecule has 0 atom stereocenters. The van der Waals surface area contributed by atoms with Crippen molar-refractivity contribution in [3.8, 4) is 17.6 Å². The molecule has 0 spiro atoms. The van der Waals surface area contributed by atoms with Crippen LogP contribution >= 0.6 is 0 Å². The summed E-state index contributed by atoms with van der Waals surface area (Å²) >= 11 is 0. The number of para-hydroxylation sites is 2. The lowest BCUT2D eigenvalue weighted by molar-refractivity contribution is -0.118. The number of carbonyl (C=O) groups excluding carboxylic acids is 1. The molecule has 4 aromatic rings. The second kappa shape index (κ2) is 10.7. The van der Waals surface area contributed by atoms with Gasteiger partial charge in [-0.2, -0.15) is 14.0 Å². The van der Waals surface area contributed by atoms with Crippen molar-refractivity contribution in [3.05, 3.63) is 83.2 Å². The molecule has 0 saturated heterocycles. The van der Waals surface area contributed by atoms with E-state index in [1.54, 1.807) is 36.4 Å². The van der Waals surface area contributed by atoms with E-state index < -0.39 is 12.5 Å². The number of fused-ring (bicyclic) bond motifs is 1. The van der Waals surface area contributed by atoms with Crippen molar-refractivity contribution < 1.29 is 23.0 Å². The minimum Gasteiger partial charge on any atom is -0.484 e. The highest BCUT2D eigenvalue weighted by Gasteiger charge is 2.12. The fourth-order valence-corrected chi connectivity index (χ4v) is 3.48. The standard InChI is InChI=1S/C27H22F2N4O3/c1-16-11-22-23(12-17(16)2)33-26(32-22)19(14-30)13-18-7-9-20(10-8-18)35-15-25(34)31-21-5-3-4-6-24(21)36-27(28)29/h3-13,27H,15H2,1-2H3,(H,31,34)(H,32,33)/b19-13+. The molecule has 0 bridgehead atoms. The van der Waals surface area contributed by atoms with Crippen LogP contribution in [0.25, 0.3) is 22.7 Å². The second-order valence-electron chi connectivity index (χ2n) is 7.99. The fraction of sp³-hybridized carbons (Fsp3) is 0.148. The third-order valence-corrected chi connectivity index (χ3v) is 5.41. The number of allylic oxidation sites excluding steroid dienone is 1. The number of imidazole rings is 1. The molecule has 4 rings (SSSR count). The number of hydrogen-bond donors (Lipinski definition) is 2. The van der Waals surface area contributed by atoms with Crippen LogP contribution in [0.3, 0.4) is 0 Å². The maximum absolute atomic E-state index is 12.5. The van der Waals surface area contributed by atoms with Gasteiger partial charge < -0.3 is 19.8 Å². The molecule has 1 heterocycles. The van der Waals surface area contributed by atoms with Crippen LogP contribution in [0.1, 0.15) is 22.5 Å². The first-order valence-corrected chi connectivity index (χ1v) is 11.0. The number of nitrogens with zero attached hydrogens (tertiary/aromatic N) is 2. The van der Waals surface area contributed by atoms with Crippen LogP contribution in [0.4, 0.5) is 14.5 Å². The van der Waals surface area contributed by atoms with Crippen LogP contribution in [-0.4, -0.2) is 29.1 Å². The number of hydrogen-bond acceptors (Lipinski definition) is 5. The van der Waals surface area contributed by atoms with Gasteiger partial charge in [0.1, 0.15) is 23.4 Å². The number of aromatic amines is 1. The van der Waals surface area contributed by atoms with Crippen molar-refractivity contribution >= 4 is 34.3 Å². The number of halogens is 2. The van der Waals surface area contributed by atoms with Gasteiger partial charge in [-0.25, -0.2) is 4.98 Å². The van der Waals surface area contributed by atoms with Crippen LogP contribution in [0.2, 0.25) is 0 Å². The van der Waals surface area contributed by atoms with Crippen LogP contribution in [-0.2, 0) is 4.79 Å². The molecule has 9 heteroatoms. The number of H-pyrrole nitrogens is 1. The van der Waals surface area contributed by atoms with Gasteiger partial charge in [0, 0.05) is 0 Å². The molecule has 0 radical (unpaired) electrons. The Morgan fingerprint density at radius 1 is 1.14 bits per heavy atom. The number of aromatic nitrogens is 2. The Balaban J connectivity index is 1.40. The van der Waals surface area contributed by atoms with Crippen LogP contribution in [0.15, 0.2) is 60.7 Å². The Morgan fingerprint density at radius 2 is 1.86 bits per heavy atom. The van der Waals surface area contributed by atoms with E-state index in [9.17, 15) is 18.8 Å². The number of amides is 1. The first-order valence-electron chi connectivity index (χ1n) is 11.0. The van der Waals surface area contributed by atoms with Gasteiger partial charge in [0.05, 0.1) is 22.3 Å². The lowest BCUT2D eigenvalue weighted by atomic mass is 10.1. The molecule has 7 nitrogen and oxygen atoms in total. The Kier molecular flexibility index (Phi) is 7.25. The van der Waals surface area contributed by atoms with Crippen molar-refractivity contribution in [2.45, 2.75) is 20.5 Å². The van der Waals surface area contributed by atoms with Gasteiger partial charge in [-0.1, -0.05) is 24.3 Å². The summed E-state index contributed by atoms with van der Waals surface area (Å²) in [5, 5.41) is 12.2. The lowest BCUT2D eigenvalue weighted by Crippen LogP contribution is -2.20. The van der Waals surface area contributed by atoms with Crippen LogP contribution < -0.4 is 14.8 Å². The summed E-state index contributed by atoms with van der Waals surface area (Å²) in [4.78, 5) is 19.9. The molecular formula is C27H22F2N4O3. The monoisotopic (exact) mass is 488 g/mol. The molecule has 1 amide bonds. The highest BCUT2D eigenvalue weighted by Crippen LogP contribution is 2.26. The van der Waals surface area contributed by atoms with Gasteiger partial charge in [0.2, 0.25) is 0 Å². The Bertz CT molecular complexity index is 1430. The van der Waals surface area contributed by atoms with Gasteiger partial charge in [-0.05, 0) is 73.0 Å². The largest absolute Gasteiger partial charge is 0.484 e. The van der Waals surface area contributed by atoms with E-state index in [1.807, 2.05) is 26.0 Å². The van der Waals surface area contributed by atoms with Gasteiger partial charge >= 0.3 is 6.61 Å². The van der Waals surface area contributed by atoms with Crippen LogP contribution in [0.5, 0.6) is 11.5 Å². The van der Waals surface area contributed by atoms with Crippen molar-refractivity contribution in [1.29, 1.82) is 5.26 Å². The lowest BCUT2D eigenvalue weighted by Gasteiger charge is -2.12. The highest BCUT2D eigenvalue weighted by atomic mass is 19.3. The number of alkyl halides is 2. The maximum atomic E-state index is 12.5. The zero-order chi connectivity index (χ0) is 25.7. The predicted octanol–water partition coefficient (Wildman–Crippen LogP) is 5.86. The molecule has 182 valence electrons. The molecule has 36 heavy (non-hydrogen) atoms. The molecule has 2 N–H and O–H groups in total. The van der Waals surface area contributed by atoms with Crippen LogP contribution in [0, 0.1) is 25.2 Å². The maximum Gasteiger partial charge on any atom is 0.387 e. The van der Waals surface area contributed by atoms with E-state index >= 15 is 0 Å². The van der Waals surface area contributed by atoms with E-state index in [2.05, 4.69) is 26.1 Å². The average Bonchev–Trinajstić information content (AvgIpc) is 3.25. The van der Waals surface area contributed by atoms with Crippen molar-refractivity contribution in [2.75, 3.05) is 11.9 Å². The van der Waals surface area contributed by atoms with Gasteiger partial charge in [-0.3, -0.25) is 4.79 Å². The van der Waals surface area contributed by atoms with Gasteiger partial charge in [0.25, 0.3) is 5.91 Å². The number of benzene rings is 3. The Hall–Kier alpha value is -4.71. The fourth-order valence-electron chi connectivity index (χ4n) is 3.48. The molecule has 0 aliphatic rings. The average molecular weight is 488 g/mol. The molecule has 0 unspecified atom stereocenters. The highest BCUT2D eigenvalue weighted by molar-refractivity contribution is 5.93. The van der Waals surface area contributed by atoms with E-state index in [4.69, 9.17) is 4.74 Å². The summed E-state index contributed by atoms with van der Waals surface area (Å²) in [5.41, 5.74) is 5.15. The number of nitrogens with one attached hydrogen (secondary N) is 2. The smallest absolute Gasteiger partial charge is 0.387 e. The first-order chi connectivity index (χ1) is 17.3. The summed E-state index contributed by atoms with van der Waals surface area (Å²) < 4.78 is 34.9. The van der Waals surface area contributed by atoms with E-state index in [0.717, 1.165) is 27.7 Å². The zero-order valence-electron chi connectivity index (χ0n) is 19.5. The number of rotatable bonds is 8. The van der Waals surface area contributed by atoms with E-state index in [0.29, 0.717) is 17.1 Å². The molecule has 1 aromatic heterocycles. The Labute approximate surface area is 206 Å². The number of aryl methyl sites for hydroxylation is 2. The van der Waals surface area contributed by atoms with Crippen molar-refractivity contribution in [1.82, 2.24) is 9.97 Å². The molecule has 3 aromatic carbocycles. The number of carbonyl (C=O) groups is 1. The summed E-state index contributed by atoms with van der Waals surface area (Å²) in [6, 6.07) is 18.9. The minimum atomic E-state index is -3.01. The van der Waals surface area contributed by atoms with E-state index in [-0.39, 0.29) is 18.0 Å². The second-order valence-corrected chi connectivity index (χ2v) is 7.99. The SMILES string of the molecule is Cc1cc2nc(/C(C#N)=C/c3ccc(OCC(=O)Nc4ccccc4OC(F)F)cc3)[nH]c2cc1C. The third-order valence-electron chi connectivity index (χ3n) is 5.41. The quantitative estimate of drug-likeness (QED) is 0.303. The summed E-state index contributed by atoms with van der Waals surface area (Å²) in [6.07, 6.45) is 1.70. The summed E-state index contributed by atoms with van der Waals surface area (Å²) in [5.74, 6) is 0.227. The van der Waals surface area contributed by atoms with Crippen molar-refractivity contribution in [2.24, 2.45) is 0 Å². The van der Waals surface area contributed by atoms with Crippen molar-refractivity contribution in [3.63, 3.8) is 0 Å². The summed E-state index contributed by atoms with van der Waals surface area (Å²) in [7, 11) is 0. The Morgan fingerprint density at radius 3 is 2.58 bits per heavy atom. The minimum absolute atomic E-state index is 0.117. The molecule has 0 fully saturated rings. The predicted molar refractivity (Wildman–Crippen MR) is 133 cm³/mol. The van der Waals surface area contributed by atoms with E-state index in [1.165, 1.54) is 18.2 Å². The first kappa shape index (κ1) is 24.4. The molecular weight excluding hydrogens is 466 g/mol. The normalized spacial score (nSPS) is 11.4. The number of anilines is 1.